The topological polar surface area (TPSA) is 62.1 Å². The zero-order valence-corrected chi connectivity index (χ0v) is 11.8. The van der Waals surface area contributed by atoms with Crippen LogP contribution in [0.1, 0.15) is 11.1 Å². The Morgan fingerprint density at radius 2 is 2.00 bits per heavy atom. The number of hydrogen-bond donors (Lipinski definition) is 1. The van der Waals surface area contributed by atoms with Gasteiger partial charge in [0.2, 0.25) is 5.91 Å². The van der Waals surface area contributed by atoms with Crippen molar-refractivity contribution in [2.75, 3.05) is 11.9 Å². The number of nitriles is 1. The van der Waals surface area contributed by atoms with Crippen molar-refractivity contribution in [1.82, 2.24) is 0 Å². The van der Waals surface area contributed by atoms with Crippen LogP contribution in [-0.2, 0) is 11.2 Å². The number of nitrogens with one attached hydrogen (secondary N) is 1. The van der Waals surface area contributed by atoms with Gasteiger partial charge in [0, 0.05) is 5.69 Å². The highest BCUT2D eigenvalue weighted by molar-refractivity contribution is 5.92. The van der Waals surface area contributed by atoms with E-state index in [4.69, 9.17) is 10.00 Å². The lowest BCUT2D eigenvalue weighted by Gasteiger charge is -2.07. The van der Waals surface area contributed by atoms with Crippen LogP contribution in [-0.4, -0.2) is 12.5 Å². The molecule has 0 unspecified atom stereocenters. The third kappa shape index (κ3) is 4.66. The molecule has 0 atom stereocenters. The smallest absolute Gasteiger partial charge is 0.228 e. The van der Waals surface area contributed by atoms with Gasteiger partial charge in [-0.05, 0) is 36.8 Å². The summed E-state index contributed by atoms with van der Waals surface area (Å²) in [5.41, 5.74) is 2.83. The Hall–Kier alpha value is -2.80. The summed E-state index contributed by atoms with van der Waals surface area (Å²) in [6.45, 7) is 2.01. The summed E-state index contributed by atoms with van der Waals surface area (Å²) in [7, 11) is 0. The monoisotopic (exact) mass is 280 g/mol. The van der Waals surface area contributed by atoms with E-state index in [1.54, 1.807) is 24.3 Å². The molecule has 0 radical (unpaired) electrons. The second-order valence-electron chi connectivity index (χ2n) is 4.69. The molecule has 2 rings (SSSR count). The van der Waals surface area contributed by atoms with Crippen molar-refractivity contribution in [3.63, 3.8) is 0 Å². The van der Waals surface area contributed by atoms with Gasteiger partial charge in [-0.25, -0.2) is 0 Å². The Morgan fingerprint density at radius 1 is 1.24 bits per heavy atom. The SMILES string of the molecule is Cc1cccc(CC(=O)Nc2ccc(OCC#N)cc2)c1. The van der Waals surface area contributed by atoms with E-state index in [2.05, 4.69) is 5.32 Å². The van der Waals surface area contributed by atoms with Crippen LogP contribution >= 0.6 is 0 Å². The normalized spacial score (nSPS) is 9.71. The van der Waals surface area contributed by atoms with Crippen molar-refractivity contribution in [1.29, 1.82) is 5.26 Å². The first-order valence-electron chi connectivity index (χ1n) is 6.62. The maximum absolute atomic E-state index is 12.0. The van der Waals surface area contributed by atoms with Gasteiger partial charge in [0.15, 0.2) is 6.61 Å². The molecule has 0 saturated carbocycles. The first-order chi connectivity index (χ1) is 10.2. The predicted octanol–water partition coefficient (Wildman–Crippen LogP) is 3.08. The number of carbonyl (C=O) groups excluding carboxylic acids is 1. The Kier molecular flexibility index (Phi) is 4.94. The van der Waals surface area contributed by atoms with E-state index < -0.39 is 0 Å². The quantitative estimate of drug-likeness (QED) is 0.915. The third-order valence-electron chi connectivity index (χ3n) is 2.89. The van der Waals surface area contributed by atoms with Crippen LogP contribution < -0.4 is 10.1 Å². The summed E-state index contributed by atoms with van der Waals surface area (Å²) in [5.74, 6) is 0.541. The number of anilines is 1. The summed E-state index contributed by atoms with van der Waals surface area (Å²) in [5, 5.41) is 11.3. The lowest BCUT2D eigenvalue weighted by molar-refractivity contribution is -0.115. The van der Waals surface area contributed by atoms with Crippen LogP contribution in [0.25, 0.3) is 0 Å². The molecule has 0 aliphatic carbocycles. The molecular weight excluding hydrogens is 264 g/mol. The summed E-state index contributed by atoms with van der Waals surface area (Å²) < 4.78 is 5.15. The number of aryl methyl sites for hydroxylation is 1. The van der Waals surface area contributed by atoms with Gasteiger partial charge in [-0.1, -0.05) is 29.8 Å². The fraction of sp³-hybridized carbons (Fsp3) is 0.176. The number of benzene rings is 2. The van der Waals surface area contributed by atoms with Gasteiger partial charge in [-0.2, -0.15) is 5.26 Å². The van der Waals surface area contributed by atoms with Crippen molar-refractivity contribution in [3.05, 3.63) is 59.7 Å². The molecule has 1 N–H and O–H groups in total. The summed E-state index contributed by atoms with van der Waals surface area (Å²) in [4.78, 5) is 12.0. The van der Waals surface area contributed by atoms with Crippen LogP contribution in [0.2, 0.25) is 0 Å². The number of carbonyl (C=O) groups is 1. The molecule has 0 heterocycles. The van der Waals surface area contributed by atoms with E-state index in [9.17, 15) is 4.79 Å². The number of ether oxygens (including phenoxy) is 1. The molecular formula is C17H16N2O2. The molecule has 2 aromatic carbocycles. The second kappa shape index (κ2) is 7.11. The number of rotatable bonds is 5. The minimum absolute atomic E-state index is 0.0130. The van der Waals surface area contributed by atoms with Gasteiger partial charge in [0.1, 0.15) is 11.8 Å². The Balaban J connectivity index is 1.92. The van der Waals surface area contributed by atoms with Crippen molar-refractivity contribution in [3.8, 4) is 11.8 Å². The summed E-state index contributed by atoms with van der Waals surface area (Å²) >= 11 is 0. The zero-order valence-electron chi connectivity index (χ0n) is 11.8. The fourth-order valence-electron chi connectivity index (χ4n) is 1.96. The molecule has 0 aliphatic heterocycles. The van der Waals surface area contributed by atoms with Gasteiger partial charge in [-0.15, -0.1) is 0 Å². The van der Waals surface area contributed by atoms with E-state index in [-0.39, 0.29) is 12.5 Å². The average molecular weight is 280 g/mol. The van der Waals surface area contributed by atoms with E-state index in [0.717, 1.165) is 11.1 Å². The van der Waals surface area contributed by atoms with Crippen molar-refractivity contribution in [2.45, 2.75) is 13.3 Å². The highest BCUT2D eigenvalue weighted by Crippen LogP contribution is 2.16. The molecule has 0 aromatic heterocycles. The van der Waals surface area contributed by atoms with Crippen molar-refractivity contribution in [2.24, 2.45) is 0 Å². The van der Waals surface area contributed by atoms with Gasteiger partial charge in [0.25, 0.3) is 0 Å². The Morgan fingerprint density at radius 3 is 2.67 bits per heavy atom. The van der Waals surface area contributed by atoms with Crippen LogP contribution in [0.5, 0.6) is 5.75 Å². The van der Waals surface area contributed by atoms with Crippen LogP contribution in [0.15, 0.2) is 48.5 Å². The first-order valence-corrected chi connectivity index (χ1v) is 6.62. The van der Waals surface area contributed by atoms with Crippen LogP contribution in [0.4, 0.5) is 5.69 Å². The van der Waals surface area contributed by atoms with Crippen LogP contribution in [0, 0.1) is 18.3 Å². The molecule has 0 saturated heterocycles. The number of nitrogens with zero attached hydrogens (tertiary/aromatic N) is 1. The Bertz CT molecular complexity index is 657. The van der Waals surface area contributed by atoms with E-state index in [1.807, 2.05) is 37.3 Å². The lowest BCUT2D eigenvalue weighted by atomic mass is 10.1. The largest absolute Gasteiger partial charge is 0.479 e. The molecule has 4 nitrogen and oxygen atoms in total. The molecule has 0 bridgehead atoms. The third-order valence-corrected chi connectivity index (χ3v) is 2.89. The van der Waals surface area contributed by atoms with Crippen LogP contribution in [0.3, 0.4) is 0 Å². The highest BCUT2D eigenvalue weighted by atomic mass is 16.5. The van der Waals surface area contributed by atoms with E-state index in [1.165, 1.54) is 0 Å². The maximum atomic E-state index is 12.0. The average Bonchev–Trinajstić information content (AvgIpc) is 2.46. The summed E-state index contributed by atoms with van der Waals surface area (Å²) in [6.07, 6.45) is 0.342. The molecule has 2 aromatic rings. The van der Waals surface area contributed by atoms with Gasteiger partial charge in [-0.3, -0.25) is 4.79 Å². The number of hydrogen-bond acceptors (Lipinski definition) is 3. The molecule has 106 valence electrons. The molecule has 0 aliphatic rings. The molecule has 0 spiro atoms. The molecule has 4 heteroatoms. The second-order valence-corrected chi connectivity index (χ2v) is 4.69. The van der Waals surface area contributed by atoms with Gasteiger partial charge < -0.3 is 10.1 Å². The minimum Gasteiger partial charge on any atom is -0.479 e. The van der Waals surface area contributed by atoms with E-state index in [0.29, 0.717) is 17.9 Å². The highest BCUT2D eigenvalue weighted by Gasteiger charge is 2.04. The Labute approximate surface area is 124 Å². The van der Waals surface area contributed by atoms with Crippen molar-refractivity contribution < 1.29 is 9.53 Å². The minimum atomic E-state index is -0.0636. The molecule has 1 amide bonds. The standard InChI is InChI=1S/C17H16N2O2/c1-13-3-2-4-14(11-13)12-17(20)19-15-5-7-16(8-6-15)21-10-9-18/h2-8,11H,10,12H2,1H3,(H,19,20). The molecule has 0 fully saturated rings. The van der Waals surface area contributed by atoms with Gasteiger partial charge in [0.05, 0.1) is 6.42 Å². The summed E-state index contributed by atoms with van der Waals surface area (Å²) in [6, 6.07) is 16.7. The van der Waals surface area contributed by atoms with Gasteiger partial charge >= 0.3 is 0 Å². The molecule has 21 heavy (non-hydrogen) atoms. The van der Waals surface area contributed by atoms with E-state index >= 15 is 0 Å². The predicted molar refractivity (Wildman–Crippen MR) is 81.1 cm³/mol. The fourth-order valence-corrected chi connectivity index (χ4v) is 1.96. The lowest BCUT2D eigenvalue weighted by Crippen LogP contribution is -2.14. The van der Waals surface area contributed by atoms with Crippen molar-refractivity contribution >= 4 is 11.6 Å². The first kappa shape index (κ1) is 14.6. The zero-order chi connectivity index (χ0) is 15.1. The number of amides is 1. The maximum Gasteiger partial charge on any atom is 0.228 e.